The molecule has 1 aromatic heterocycles. The summed E-state index contributed by atoms with van der Waals surface area (Å²) in [5, 5.41) is 20.4. The number of hydrogen-bond acceptors (Lipinski definition) is 6. The highest BCUT2D eigenvalue weighted by Gasteiger charge is 2.33. The number of nitrogens with zero attached hydrogens (tertiary/aromatic N) is 5. The van der Waals surface area contributed by atoms with E-state index < -0.39 is 5.92 Å². The van der Waals surface area contributed by atoms with Crippen molar-refractivity contribution in [1.29, 1.82) is 10.7 Å². The highest BCUT2D eigenvalue weighted by atomic mass is 19.1. The Labute approximate surface area is 180 Å². The van der Waals surface area contributed by atoms with Crippen LogP contribution in [0.1, 0.15) is 47.2 Å². The fourth-order valence-corrected chi connectivity index (χ4v) is 3.75. The van der Waals surface area contributed by atoms with E-state index in [2.05, 4.69) is 21.4 Å². The van der Waals surface area contributed by atoms with Gasteiger partial charge in [0.1, 0.15) is 0 Å². The topological polar surface area (TPSA) is 109 Å². The molecule has 9 heteroatoms. The molecule has 4 rings (SSSR count). The number of nitriles is 1. The van der Waals surface area contributed by atoms with Gasteiger partial charge in [0.25, 0.3) is 0 Å². The Morgan fingerprint density at radius 3 is 2.81 bits per heavy atom. The summed E-state index contributed by atoms with van der Waals surface area (Å²) in [6, 6.07) is 9.02. The molecule has 0 spiro atoms. The van der Waals surface area contributed by atoms with Crippen LogP contribution in [0.15, 0.2) is 24.3 Å². The van der Waals surface area contributed by atoms with Crippen LogP contribution in [0, 0.1) is 29.5 Å². The molecular weight excluding hydrogens is 397 g/mol. The van der Waals surface area contributed by atoms with Gasteiger partial charge in [-0.25, -0.2) is 14.4 Å². The van der Waals surface area contributed by atoms with Crippen LogP contribution in [-0.2, 0) is 4.79 Å². The molecule has 0 unspecified atom stereocenters. The van der Waals surface area contributed by atoms with Crippen molar-refractivity contribution < 1.29 is 9.18 Å². The van der Waals surface area contributed by atoms with E-state index in [0.29, 0.717) is 41.6 Å². The molecule has 160 valence electrons. The fourth-order valence-electron chi connectivity index (χ4n) is 3.75. The third-order valence-corrected chi connectivity index (χ3v) is 5.74. The molecule has 2 aromatic rings. The normalized spacial score (nSPS) is 19.9. The zero-order chi connectivity index (χ0) is 22.1. The quantitative estimate of drug-likeness (QED) is 0.787. The first kappa shape index (κ1) is 20.7. The molecule has 1 amide bonds. The summed E-state index contributed by atoms with van der Waals surface area (Å²) in [4.78, 5) is 25.3. The molecular formula is C22H24FN7O. The Hall–Kier alpha value is -3.54. The van der Waals surface area contributed by atoms with Gasteiger partial charge in [0.05, 0.1) is 28.9 Å². The van der Waals surface area contributed by atoms with E-state index in [-0.39, 0.29) is 30.1 Å². The van der Waals surface area contributed by atoms with Crippen molar-refractivity contribution in [2.24, 2.45) is 0 Å². The maximum absolute atomic E-state index is 14.6. The molecule has 8 nitrogen and oxygen atoms in total. The molecule has 1 aromatic carbocycles. The fraction of sp³-hybridized carbons (Fsp3) is 0.409. The van der Waals surface area contributed by atoms with Crippen molar-refractivity contribution in [3.63, 3.8) is 0 Å². The number of carbonyl (C=O) groups excluding carboxylic acids is 1. The standard InChI is InChI=1S/C22H24FN7O/c1-13-18(23)19(15-6-7-15)28-22(27-13)30-9-8-26-21(25)29(2)20(31)17(12-30)16-5-3-4-14(10-16)11-24/h3-5,10,15,17H,6-9,12H2,1-2H3,(H2,25,26)/t17-/m1/s1. The van der Waals surface area contributed by atoms with Gasteiger partial charge in [0.2, 0.25) is 11.9 Å². The monoisotopic (exact) mass is 421 g/mol. The van der Waals surface area contributed by atoms with Gasteiger partial charge in [-0.1, -0.05) is 12.1 Å². The van der Waals surface area contributed by atoms with Crippen molar-refractivity contribution >= 4 is 17.8 Å². The molecule has 1 aliphatic carbocycles. The number of nitrogens with one attached hydrogen (secondary N) is 2. The Kier molecular flexibility index (Phi) is 5.55. The molecule has 2 fully saturated rings. The second-order valence-electron chi connectivity index (χ2n) is 7.99. The minimum atomic E-state index is -0.642. The first-order valence-corrected chi connectivity index (χ1v) is 10.3. The third-order valence-electron chi connectivity index (χ3n) is 5.74. The average Bonchev–Trinajstić information content (AvgIpc) is 3.61. The van der Waals surface area contributed by atoms with E-state index >= 15 is 0 Å². The SMILES string of the molecule is Cc1nc(N2CCNC(=N)N(C)C(=O)[C@@H](c3cccc(C#N)c3)C2)nc(C2CC2)c1F. The minimum Gasteiger partial charge on any atom is -0.354 e. The molecule has 1 aliphatic heterocycles. The van der Waals surface area contributed by atoms with Crippen LogP contribution in [0.4, 0.5) is 10.3 Å². The van der Waals surface area contributed by atoms with Gasteiger partial charge in [-0.15, -0.1) is 0 Å². The van der Waals surface area contributed by atoms with Gasteiger partial charge >= 0.3 is 0 Å². The number of guanidine groups is 1. The van der Waals surface area contributed by atoms with Crippen LogP contribution in [0.3, 0.4) is 0 Å². The first-order valence-electron chi connectivity index (χ1n) is 10.3. The maximum atomic E-state index is 14.6. The highest BCUT2D eigenvalue weighted by Crippen LogP contribution is 2.41. The lowest BCUT2D eigenvalue weighted by Gasteiger charge is -2.28. The van der Waals surface area contributed by atoms with Gasteiger partial charge in [-0.3, -0.25) is 15.1 Å². The van der Waals surface area contributed by atoms with Crippen LogP contribution in [0.5, 0.6) is 0 Å². The van der Waals surface area contributed by atoms with Crippen LogP contribution in [-0.4, -0.2) is 53.4 Å². The van der Waals surface area contributed by atoms with E-state index in [1.807, 2.05) is 4.90 Å². The maximum Gasteiger partial charge on any atom is 0.238 e. The Balaban J connectivity index is 1.75. The molecule has 1 atom stereocenters. The number of aryl methyl sites for hydroxylation is 1. The summed E-state index contributed by atoms with van der Waals surface area (Å²) in [6.45, 7) is 2.72. The van der Waals surface area contributed by atoms with Gasteiger partial charge in [0, 0.05) is 32.6 Å². The van der Waals surface area contributed by atoms with E-state index in [0.717, 1.165) is 12.8 Å². The number of halogens is 1. The van der Waals surface area contributed by atoms with Crippen LogP contribution in [0.2, 0.25) is 0 Å². The smallest absolute Gasteiger partial charge is 0.238 e. The number of hydrogen-bond donors (Lipinski definition) is 2. The molecule has 1 saturated heterocycles. The molecule has 31 heavy (non-hydrogen) atoms. The van der Waals surface area contributed by atoms with Gasteiger partial charge in [0.15, 0.2) is 11.8 Å². The summed E-state index contributed by atoms with van der Waals surface area (Å²) in [6.07, 6.45) is 1.83. The summed E-state index contributed by atoms with van der Waals surface area (Å²) in [5.41, 5.74) is 1.86. The Bertz CT molecular complexity index is 1080. The Morgan fingerprint density at radius 1 is 1.32 bits per heavy atom. The zero-order valence-corrected chi connectivity index (χ0v) is 17.5. The van der Waals surface area contributed by atoms with E-state index in [1.165, 1.54) is 4.90 Å². The van der Waals surface area contributed by atoms with Crippen molar-refractivity contribution in [2.45, 2.75) is 31.6 Å². The predicted molar refractivity (Wildman–Crippen MR) is 113 cm³/mol. The van der Waals surface area contributed by atoms with Gasteiger partial charge in [-0.2, -0.15) is 5.26 Å². The van der Waals surface area contributed by atoms with E-state index in [1.54, 1.807) is 38.2 Å². The second-order valence-corrected chi connectivity index (χ2v) is 7.99. The number of aromatic nitrogens is 2. The average molecular weight is 421 g/mol. The number of rotatable bonds is 3. The number of amides is 1. The number of anilines is 1. The number of benzene rings is 1. The van der Waals surface area contributed by atoms with Gasteiger partial charge in [-0.05, 0) is 37.5 Å². The van der Waals surface area contributed by atoms with Crippen molar-refractivity contribution in [3.8, 4) is 6.07 Å². The van der Waals surface area contributed by atoms with Crippen molar-refractivity contribution in [2.75, 3.05) is 31.6 Å². The van der Waals surface area contributed by atoms with E-state index in [9.17, 15) is 14.4 Å². The summed E-state index contributed by atoms with van der Waals surface area (Å²) in [7, 11) is 1.55. The zero-order valence-electron chi connectivity index (χ0n) is 17.5. The first-order chi connectivity index (χ1) is 14.9. The summed E-state index contributed by atoms with van der Waals surface area (Å²) >= 11 is 0. The number of likely N-dealkylation sites (N-methyl/N-ethyl adjacent to an activating group) is 1. The molecule has 2 aliphatic rings. The largest absolute Gasteiger partial charge is 0.354 e. The van der Waals surface area contributed by atoms with Crippen molar-refractivity contribution in [3.05, 3.63) is 52.6 Å². The van der Waals surface area contributed by atoms with Gasteiger partial charge < -0.3 is 10.2 Å². The molecule has 2 N–H and O–H groups in total. The molecule has 1 saturated carbocycles. The molecule has 2 heterocycles. The second kappa shape index (κ2) is 8.30. The third kappa shape index (κ3) is 4.19. The van der Waals surface area contributed by atoms with Crippen LogP contribution in [0.25, 0.3) is 0 Å². The lowest BCUT2D eigenvalue weighted by atomic mass is 9.95. The lowest BCUT2D eigenvalue weighted by molar-refractivity contribution is -0.127. The minimum absolute atomic E-state index is 0.00293. The summed E-state index contributed by atoms with van der Waals surface area (Å²) < 4.78 is 14.6. The van der Waals surface area contributed by atoms with Crippen LogP contribution >= 0.6 is 0 Å². The van der Waals surface area contributed by atoms with Crippen LogP contribution < -0.4 is 10.2 Å². The van der Waals surface area contributed by atoms with Crippen molar-refractivity contribution in [1.82, 2.24) is 20.2 Å². The summed E-state index contributed by atoms with van der Waals surface area (Å²) in [5.74, 6) is -0.765. The highest BCUT2D eigenvalue weighted by molar-refractivity contribution is 5.98. The Morgan fingerprint density at radius 2 is 2.10 bits per heavy atom. The number of carbonyl (C=O) groups is 1. The predicted octanol–water partition coefficient (Wildman–Crippen LogP) is 2.26. The molecule has 0 bridgehead atoms. The van der Waals surface area contributed by atoms with E-state index in [4.69, 9.17) is 5.41 Å². The molecule has 0 radical (unpaired) electrons. The lowest BCUT2D eigenvalue weighted by Crippen LogP contribution is -2.43.